The zero-order valence-corrected chi connectivity index (χ0v) is 10.3. The summed E-state index contributed by atoms with van der Waals surface area (Å²) in [6.45, 7) is 2.55. The van der Waals surface area contributed by atoms with Crippen molar-refractivity contribution in [2.45, 2.75) is 19.3 Å². The van der Waals surface area contributed by atoms with Gasteiger partial charge in [0.15, 0.2) is 11.5 Å². The molecule has 1 heterocycles. The van der Waals surface area contributed by atoms with Crippen LogP contribution in [-0.2, 0) is 0 Å². The summed E-state index contributed by atoms with van der Waals surface area (Å²) in [4.78, 5) is 4.36. The highest BCUT2D eigenvalue weighted by molar-refractivity contribution is 6.37. The number of nitrogens with zero attached hydrogens (tertiary/aromatic N) is 1. The molecular formula is C11H12Cl2N2O. The van der Waals surface area contributed by atoms with E-state index in [4.69, 9.17) is 33.4 Å². The van der Waals surface area contributed by atoms with E-state index >= 15 is 0 Å². The van der Waals surface area contributed by atoms with Crippen LogP contribution in [0.25, 0.3) is 11.1 Å². The Hall–Kier alpha value is -0.770. The molecule has 2 rings (SSSR count). The molecule has 1 atom stereocenters. The van der Waals surface area contributed by atoms with Crippen LogP contribution in [0, 0.1) is 0 Å². The Bertz CT molecular complexity index is 506. The van der Waals surface area contributed by atoms with E-state index in [1.807, 2.05) is 6.92 Å². The van der Waals surface area contributed by atoms with Gasteiger partial charge in [-0.2, -0.15) is 0 Å². The summed E-state index contributed by atoms with van der Waals surface area (Å²) < 4.78 is 5.62. The number of halogens is 2. The summed E-state index contributed by atoms with van der Waals surface area (Å²) in [5.41, 5.74) is 6.90. The number of oxazole rings is 1. The maximum atomic E-state index is 6.02. The van der Waals surface area contributed by atoms with Crippen LogP contribution in [0.5, 0.6) is 0 Å². The van der Waals surface area contributed by atoms with E-state index in [1.54, 1.807) is 12.1 Å². The van der Waals surface area contributed by atoms with Crippen molar-refractivity contribution < 1.29 is 4.42 Å². The van der Waals surface area contributed by atoms with Crippen molar-refractivity contribution >= 4 is 34.3 Å². The van der Waals surface area contributed by atoms with Gasteiger partial charge in [0.25, 0.3) is 0 Å². The van der Waals surface area contributed by atoms with E-state index in [0.29, 0.717) is 33.6 Å². The van der Waals surface area contributed by atoms with Crippen molar-refractivity contribution in [2.75, 3.05) is 6.54 Å². The molecule has 1 aromatic heterocycles. The molecule has 0 saturated heterocycles. The van der Waals surface area contributed by atoms with Crippen molar-refractivity contribution in [3.63, 3.8) is 0 Å². The lowest BCUT2D eigenvalue weighted by Crippen LogP contribution is -2.11. The molecule has 86 valence electrons. The van der Waals surface area contributed by atoms with Crippen LogP contribution in [-0.4, -0.2) is 11.5 Å². The number of hydrogen-bond acceptors (Lipinski definition) is 3. The predicted octanol–water partition coefficient (Wildman–Crippen LogP) is 3.59. The highest BCUT2D eigenvalue weighted by Gasteiger charge is 2.16. The average Bonchev–Trinajstić information content (AvgIpc) is 2.63. The molecule has 16 heavy (non-hydrogen) atoms. The Morgan fingerprint density at radius 1 is 1.44 bits per heavy atom. The van der Waals surface area contributed by atoms with Crippen molar-refractivity contribution in [3.05, 3.63) is 28.1 Å². The van der Waals surface area contributed by atoms with E-state index in [2.05, 4.69) is 4.98 Å². The smallest absolute Gasteiger partial charge is 0.199 e. The highest BCUT2D eigenvalue weighted by atomic mass is 35.5. The molecule has 0 spiro atoms. The van der Waals surface area contributed by atoms with Gasteiger partial charge in [0.05, 0.1) is 5.02 Å². The fourth-order valence-electron chi connectivity index (χ4n) is 1.59. The van der Waals surface area contributed by atoms with Crippen LogP contribution in [0.4, 0.5) is 0 Å². The standard InChI is InChI=1S/C11H12Cl2N2O/c1-2-6(5-14)11-15-9-4-7(12)3-8(13)10(9)16-11/h3-4,6H,2,5,14H2,1H3. The zero-order chi connectivity index (χ0) is 11.7. The molecule has 0 saturated carbocycles. The van der Waals surface area contributed by atoms with Crippen LogP contribution >= 0.6 is 23.2 Å². The minimum absolute atomic E-state index is 0.127. The second-order valence-corrected chi connectivity index (χ2v) is 4.47. The maximum absolute atomic E-state index is 6.02. The molecule has 2 N–H and O–H groups in total. The third kappa shape index (κ3) is 2.03. The van der Waals surface area contributed by atoms with Crippen LogP contribution in [0.3, 0.4) is 0 Å². The maximum Gasteiger partial charge on any atom is 0.199 e. The first-order valence-electron chi connectivity index (χ1n) is 5.11. The van der Waals surface area contributed by atoms with E-state index in [9.17, 15) is 0 Å². The van der Waals surface area contributed by atoms with Crippen LogP contribution in [0.2, 0.25) is 10.0 Å². The lowest BCUT2D eigenvalue weighted by Gasteiger charge is -2.05. The summed E-state index contributed by atoms with van der Waals surface area (Å²) in [5.74, 6) is 0.756. The van der Waals surface area contributed by atoms with Crippen molar-refractivity contribution in [3.8, 4) is 0 Å². The third-order valence-corrected chi connectivity index (χ3v) is 3.05. The molecular weight excluding hydrogens is 247 g/mol. The molecule has 0 aliphatic heterocycles. The van der Waals surface area contributed by atoms with Gasteiger partial charge in [-0.05, 0) is 18.6 Å². The summed E-state index contributed by atoms with van der Waals surface area (Å²) in [6, 6.07) is 3.38. The highest BCUT2D eigenvalue weighted by Crippen LogP contribution is 2.30. The Morgan fingerprint density at radius 2 is 2.19 bits per heavy atom. The Kier molecular flexibility index (Phi) is 3.38. The van der Waals surface area contributed by atoms with Crippen molar-refractivity contribution in [1.82, 2.24) is 4.98 Å². The van der Waals surface area contributed by atoms with Gasteiger partial charge in [-0.15, -0.1) is 0 Å². The first-order valence-corrected chi connectivity index (χ1v) is 5.86. The van der Waals surface area contributed by atoms with Crippen LogP contribution < -0.4 is 5.73 Å². The molecule has 0 amide bonds. The summed E-state index contributed by atoms with van der Waals surface area (Å²) in [7, 11) is 0. The monoisotopic (exact) mass is 258 g/mol. The van der Waals surface area contributed by atoms with Crippen molar-refractivity contribution in [1.29, 1.82) is 0 Å². The number of fused-ring (bicyclic) bond motifs is 1. The Balaban J connectivity index is 2.55. The van der Waals surface area contributed by atoms with Crippen LogP contribution in [0.1, 0.15) is 25.2 Å². The number of nitrogens with two attached hydrogens (primary N) is 1. The molecule has 0 aliphatic carbocycles. The quantitative estimate of drug-likeness (QED) is 0.916. The number of benzene rings is 1. The van der Waals surface area contributed by atoms with E-state index in [1.165, 1.54) is 0 Å². The molecule has 5 heteroatoms. The van der Waals surface area contributed by atoms with Gasteiger partial charge in [-0.1, -0.05) is 30.1 Å². The largest absolute Gasteiger partial charge is 0.439 e. The Morgan fingerprint density at radius 3 is 2.81 bits per heavy atom. The average molecular weight is 259 g/mol. The second-order valence-electron chi connectivity index (χ2n) is 3.63. The van der Waals surface area contributed by atoms with Crippen LogP contribution in [0.15, 0.2) is 16.5 Å². The fraction of sp³-hybridized carbons (Fsp3) is 0.364. The zero-order valence-electron chi connectivity index (χ0n) is 8.84. The third-order valence-electron chi connectivity index (χ3n) is 2.55. The topological polar surface area (TPSA) is 52.0 Å². The number of hydrogen-bond donors (Lipinski definition) is 1. The van der Waals surface area contributed by atoms with E-state index in [-0.39, 0.29) is 5.92 Å². The lowest BCUT2D eigenvalue weighted by molar-refractivity contribution is 0.465. The predicted molar refractivity (Wildman–Crippen MR) is 66.1 cm³/mol. The second kappa shape index (κ2) is 4.62. The first kappa shape index (κ1) is 11.7. The summed E-state index contributed by atoms with van der Waals surface area (Å²) in [6.07, 6.45) is 0.884. The first-order chi connectivity index (χ1) is 7.65. The van der Waals surface area contributed by atoms with Crippen molar-refractivity contribution in [2.24, 2.45) is 5.73 Å². The van der Waals surface area contributed by atoms with Gasteiger partial charge < -0.3 is 10.2 Å². The number of aromatic nitrogens is 1. The molecule has 0 radical (unpaired) electrons. The molecule has 0 fully saturated rings. The normalized spacial score (nSPS) is 13.2. The molecule has 2 aromatic rings. The van der Waals surface area contributed by atoms with Gasteiger partial charge in [-0.25, -0.2) is 4.98 Å². The SMILES string of the molecule is CCC(CN)c1nc2cc(Cl)cc(Cl)c2o1. The summed E-state index contributed by atoms with van der Waals surface area (Å²) in [5, 5.41) is 1.03. The Labute approximate surface area is 104 Å². The summed E-state index contributed by atoms with van der Waals surface area (Å²) >= 11 is 11.9. The van der Waals surface area contributed by atoms with E-state index < -0.39 is 0 Å². The molecule has 0 bridgehead atoms. The number of rotatable bonds is 3. The van der Waals surface area contributed by atoms with Gasteiger partial charge in [0.2, 0.25) is 0 Å². The minimum Gasteiger partial charge on any atom is -0.439 e. The molecule has 1 aromatic carbocycles. The molecule has 3 nitrogen and oxygen atoms in total. The lowest BCUT2D eigenvalue weighted by atomic mass is 10.1. The fourth-order valence-corrected chi connectivity index (χ4v) is 2.11. The van der Waals surface area contributed by atoms with Gasteiger partial charge in [0, 0.05) is 17.5 Å². The molecule has 1 unspecified atom stereocenters. The van der Waals surface area contributed by atoms with Gasteiger partial charge >= 0.3 is 0 Å². The molecule has 0 aliphatic rings. The van der Waals surface area contributed by atoms with Gasteiger partial charge in [0.1, 0.15) is 5.52 Å². The minimum atomic E-state index is 0.127. The van der Waals surface area contributed by atoms with E-state index in [0.717, 1.165) is 6.42 Å². The van der Waals surface area contributed by atoms with Gasteiger partial charge in [-0.3, -0.25) is 0 Å².